The van der Waals surface area contributed by atoms with Crippen LogP contribution in [0.2, 0.25) is 0 Å². The third-order valence-corrected chi connectivity index (χ3v) is 3.85. The number of nitrogens with one attached hydrogen (secondary N) is 1. The second-order valence-corrected chi connectivity index (χ2v) is 5.73. The Labute approximate surface area is 134 Å². The molecule has 0 aliphatic rings. The highest BCUT2D eigenvalue weighted by molar-refractivity contribution is 9.10. The zero-order valence-corrected chi connectivity index (χ0v) is 13.6. The van der Waals surface area contributed by atoms with E-state index in [9.17, 15) is 4.79 Å². The molecule has 7 heteroatoms. The van der Waals surface area contributed by atoms with E-state index < -0.39 is 0 Å². The highest BCUT2D eigenvalue weighted by atomic mass is 79.9. The largest absolute Gasteiger partial charge is 0.497 e. The summed E-state index contributed by atoms with van der Waals surface area (Å²) in [6.07, 6.45) is 1.59. The Kier molecular flexibility index (Phi) is 5.77. The predicted molar refractivity (Wildman–Crippen MR) is 86.2 cm³/mol. The monoisotopic (exact) mass is 368 g/mol. The molecule has 0 fully saturated rings. The van der Waals surface area contributed by atoms with Crippen LogP contribution in [-0.2, 0) is 4.79 Å². The van der Waals surface area contributed by atoms with Gasteiger partial charge in [0.05, 0.1) is 17.8 Å². The maximum Gasteiger partial charge on any atom is 0.277 e. The Morgan fingerprint density at radius 2 is 2.33 bits per heavy atom. The third kappa shape index (κ3) is 4.87. The average molecular weight is 369 g/mol. The lowest BCUT2D eigenvalue weighted by Gasteiger charge is -2.08. The molecule has 1 amide bonds. The van der Waals surface area contributed by atoms with Gasteiger partial charge in [-0.05, 0) is 45.6 Å². The number of amides is 1. The number of carbonyl (C=O) groups is 1. The van der Waals surface area contributed by atoms with E-state index in [1.54, 1.807) is 42.9 Å². The molecule has 1 N–H and O–H groups in total. The molecule has 21 heavy (non-hydrogen) atoms. The molecule has 0 atom stereocenters. The van der Waals surface area contributed by atoms with E-state index in [-0.39, 0.29) is 12.5 Å². The molecule has 2 rings (SSSR count). The lowest BCUT2D eigenvalue weighted by Crippen LogP contribution is -2.24. The summed E-state index contributed by atoms with van der Waals surface area (Å²) in [5.74, 6) is 0.943. The second kappa shape index (κ2) is 7.80. The third-order valence-electron chi connectivity index (χ3n) is 2.42. The Hall–Kier alpha value is -1.86. The van der Waals surface area contributed by atoms with Crippen LogP contribution in [0.3, 0.4) is 0 Å². The fourth-order valence-electron chi connectivity index (χ4n) is 1.43. The number of benzene rings is 1. The second-order valence-electron chi connectivity index (χ2n) is 3.89. The van der Waals surface area contributed by atoms with E-state index in [1.165, 1.54) is 0 Å². The zero-order chi connectivity index (χ0) is 15.1. The Morgan fingerprint density at radius 1 is 1.48 bits per heavy atom. The maximum atomic E-state index is 11.6. The zero-order valence-electron chi connectivity index (χ0n) is 11.2. The van der Waals surface area contributed by atoms with Crippen molar-refractivity contribution in [1.82, 2.24) is 5.43 Å². The highest BCUT2D eigenvalue weighted by Gasteiger charge is 2.06. The van der Waals surface area contributed by atoms with Gasteiger partial charge in [-0.15, -0.1) is 11.3 Å². The number of ether oxygens (including phenoxy) is 2. The van der Waals surface area contributed by atoms with E-state index >= 15 is 0 Å². The van der Waals surface area contributed by atoms with Crippen molar-refractivity contribution in [3.63, 3.8) is 0 Å². The van der Waals surface area contributed by atoms with Gasteiger partial charge < -0.3 is 9.47 Å². The molecule has 0 saturated heterocycles. The highest BCUT2D eigenvalue weighted by Crippen LogP contribution is 2.28. The van der Waals surface area contributed by atoms with E-state index in [2.05, 4.69) is 26.5 Å². The number of nitrogens with zero attached hydrogens (tertiary/aromatic N) is 1. The molecule has 1 aromatic carbocycles. The van der Waals surface area contributed by atoms with Crippen molar-refractivity contribution < 1.29 is 14.3 Å². The minimum absolute atomic E-state index is 0.118. The Balaban J connectivity index is 1.81. The molecule has 2 aromatic rings. The normalized spacial score (nSPS) is 10.6. The lowest BCUT2D eigenvalue weighted by molar-refractivity contribution is -0.123. The number of hydrogen-bond acceptors (Lipinski definition) is 5. The van der Waals surface area contributed by atoms with Crippen LogP contribution in [0.25, 0.3) is 0 Å². The molecule has 110 valence electrons. The summed E-state index contributed by atoms with van der Waals surface area (Å²) < 4.78 is 11.2. The molecule has 0 unspecified atom stereocenters. The first-order valence-corrected chi connectivity index (χ1v) is 7.68. The summed E-state index contributed by atoms with van der Waals surface area (Å²) in [4.78, 5) is 12.6. The van der Waals surface area contributed by atoms with Crippen LogP contribution >= 0.6 is 27.3 Å². The van der Waals surface area contributed by atoms with Crippen molar-refractivity contribution >= 4 is 39.4 Å². The number of halogens is 1. The van der Waals surface area contributed by atoms with E-state index in [1.807, 2.05) is 17.5 Å². The first kappa shape index (κ1) is 15.5. The lowest BCUT2D eigenvalue weighted by atomic mass is 10.3. The van der Waals surface area contributed by atoms with Gasteiger partial charge in [-0.3, -0.25) is 4.79 Å². The van der Waals surface area contributed by atoms with Gasteiger partial charge in [-0.1, -0.05) is 6.07 Å². The standard InChI is InChI=1S/C14H13BrN2O3S/c1-19-10-4-5-13(12(15)7-10)20-9-14(18)17-16-8-11-3-2-6-21-11/h2-8H,9H2,1H3,(H,17,18)/b16-8+. The van der Waals surface area contributed by atoms with Crippen molar-refractivity contribution in [3.8, 4) is 11.5 Å². The molecule has 0 aliphatic heterocycles. The van der Waals surface area contributed by atoms with Crippen LogP contribution < -0.4 is 14.9 Å². The predicted octanol–water partition coefficient (Wildman–Crippen LogP) is 3.05. The smallest absolute Gasteiger partial charge is 0.277 e. The van der Waals surface area contributed by atoms with Crippen LogP contribution in [0.1, 0.15) is 4.88 Å². The summed E-state index contributed by atoms with van der Waals surface area (Å²) in [7, 11) is 1.58. The number of rotatable bonds is 6. The van der Waals surface area contributed by atoms with Gasteiger partial charge in [0.1, 0.15) is 11.5 Å². The SMILES string of the molecule is COc1ccc(OCC(=O)N/N=C/c2cccs2)c(Br)c1. The van der Waals surface area contributed by atoms with Gasteiger partial charge in [-0.2, -0.15) is 5.10 Å². The van der Waals surface area contributed by atoms with Crippen molar-refractivity contribution in [3.05, 3.63) is 45.1 Å². The molecule has 1 aromatic heterocycles. The van der Waals surface area contributed by atoms with Gasteiger partial charge in [-0.25, -0.2) is 5.43 Å². The molecular weight excluding hydrogens is 356 g/mol. The van der Waals surface area contributed by atoms with Crippen LogP contribution in [0.15, 0.2) is 45.3 Å². The Bertz CT molecular complexity index is 629. The van der Waals surface area contributed by atoms with Crippen LogP contribution in [0.4, 0.5) is 0 Å². The van der Waals surface area contributed by atoms with Gasteiger partial charge >= 0.3 is 0 Å². The molecule has 5 nitrogen and oxygen atoms in total. The molecule has 0 spiro atoms. The minimum atomic E-state index is -0.328. The first-order chi connectivity index (χ1) is 10.2. The quantitative estimate of drug-likeness (QED) is 0.629. The van der Waals surface area contributed by atoms with Gasteiger partial charge in [0.2, 0.25) is 0 Å². The number of thiophene rings is 1. The average Bonchev–Trinajstić information content (AvgIpc) is 2.99. The summed E-state index contributed by atoms with van der Waals surface area (Å²) in [6, 6.07) is 9.07. The number of methoxy groups -OCH3 is 1. The minimum Gasteiger partial charge on any atom is -0.497 e. The van der Waals surface area contributed by atoms with Crippen LogP contribution in [0.5, 0.6) is 11.5 Å². The van der Waals surface area contributed by atoms with Gasteiger partial charge in [0.15, 0.2) is 6.61 Å². The van der Waals surface area contributed by atoms with Gasteiger partial charge in [0.25, 0.3) is 5.91 Å². The van der Waals surface area contributed by atoms with Crippen molar-refractivity contribution in [2.45, 2.75) is 0 Å². The fraction of sp³-hybridized carbons (Fsp3) is 0.143. The number of hydrogen-bond donors (Lipinski definition) is 1. The van der Waals surface area contributed by atoms with E-state index in [0.717, 1.165) is 9.35 Å². The Morgan fingerprint density at radius 3 is 3.00 bits per heavy atom. The molecule has 1 heterocycles. The number of carbonyl (C=O) groups excluding carboxylic acids is 1. The molecular formula is C14H13BrN2O3S. The molecule has 0 radical (unpaired) electrons. The molecule has 0 saturated carbocycles. The maximum absolute atomic E-state index is 11.6. The van der Waals surface area contributed by atoms with E-state index in [0.29, 0.717) is 11.5 Å². The summed E-state index contributed by atoms with van der Waals surface area (Å²) in [6.45, 7) is -0.118. The summed E-state index contributed by atoms with van der Waals surface area (Å²) in [5, 5.41) is 5.79. The summed E-state index contributed by atoms with van der Waals surface area (Å²) >= 11 is 4.89. The van der Waals surface area contributed by atoms with E-state index in [4.69, 9.17) is 9.47 Å². The van der Waals surface area contributed by atoms with Crippen LogP contribution in [-0.4, -0.2) is 25.8 Å². The molecule has 0 bridgehead atoms. The number of hydrazone groups is 1. The first-order valence-electron chi connectivity index (χ1n) is 6.01. The van der Waals surface area contributed by atoms with Gasteiger partial charge in [0, 0.05) is 4.88 Å². The molecule has 0 aliphatic carbocycles. The summed E-state index contributed by atoms with van der Waals surface area (Å²) in [5.41, 5.74) is 2.41. The van der Waals surface area contributed by atoms with Crippen molar-refractivity contribution in [1.29, 1.82) is 0 Å². The van der Waals surface area contributed by atoms with Crippen LogP contribution in [0, 0.1) is 0 Å². The van der Waals surface area contributed by atoms with Crippen molar-refractivity contribution in [2.24, 2.45) is 5.10 Å². The topological polar surface area (TPSA) is 59.9 Å². The van der Waals surface area contributed by atoms with Crippen molar-refractivity contribution in [2.75, 3.05) is 13.7 Å². The fourth-order valence-corrected chi connectivity index (χ4v) is 2.49.